The molecule has 2 unspecified atom stereocenters. The standard InChI is InChI=1S/C52H64N6O8/c1-7-11-17-37(9-3)33-55-49-25-21-39(29-43(49)45-31-41(57(61)62)23-27-51(45)55)47(53-65-35(5)59)19-15-13-14-16-20-48(54-66-36(6)60)40-22-26-50-44(30-40)46-32-42(58(63)64)24-28-52(46)56(50)34-38(10-4)18-12-8-2/h21-32,37-38H,7-20,33-34H2,1-6H3. The molecule has 0 bridgehead atoms. The molecule has 0 N–H and O–H groups in total. The minimum absolute atomic E-state index is 0.0255. The molecular weight excluding hydrogens is 837 g/mol. The summed E-state index contributed by atoms with van der Waals surface area (Å²) in [5, 5.41) is 35.7. The molecule has 6 rings (SSSR count). The maximum Gasteiger partial charge on any atom is 0.331 e. The number of carbonyl (C=O) groups excluding carboxylic acids is 2. The van der Waals surface area contributed by atoms with Gasteiger partial charge < -0.3 is 18.8 Å². The molecule has 14 nitrogen and oxygen atoms in total. The van der Waals surface area contributed by atoms with Crippen LogP contribution in [0.4, 0.5) is 11.4 Å². The molecule has 0 saturated heterocycles. The van der Waals surface area contributed by atoms with E-state index < -0.39 is 11.9 Å². The van der Waals surface area contributed by atoms with Gasteiger partial charge in [0, 0.05) is 106 Å². The van der Waals surface area contributed by atoms with Crippen LogP contribution in [0.1, 0.15) is 143 Å². The first-order valence-electron chi connectivity index (χ1n) is 23.8. The molecule has 2 atom stereocenters. The number of nitro groups is 2. The highest BCUT2D eigenvalue weighted by atomic mass is 16.7. The van der Waals surface area contributed by atoms with E-state index in [0.29, 0.717) is 36.1 Å². The number of benzene rings is 4. The van der Waals surface area contributed by atoms with Crippen molar-refractivity contribution in [3.63, 3.8) is 0 Å². The molecule has 0 saturated carbocycles. The predicted octanol–water partition coefficient (Wildman–Crippen LogP) is 13.7. The molecule has 0 fully saturated rings. The lowest BCUT2D eigenvalue weighted by Crippen LogP contribution is -2.10. The van der Waals surface area contributed by atoms with E-state index in [4.69, 9.17) is 9.68 Å². The molecule has 2 heterocycles. The number of nitrogens with zero attached hydrogens (tertiary/aromatic N) is 6. The fraction of sp³-hybridized carbons (Fsp3) is 0.462. The summed E-state index contributed by atoms with van der Waals surface area (Å²) in [5.74, 6) is -0.136. The largest absolute Gasteiger partial charge is 0.340 e. The normalized spacial score (nSPS) is 13.2. The van der Waals surface area contributed by atoms with Crippen LogP contribution >= 0.6 is 0 Å². The molecule has 0 spiro atoms. The van der Waals surface area contributed by atoms with Crippen molar-refractivity contribution in [3.05, 3.63) is 104 Å². The quantitative estimate of drug-likeness (QED) is 0.0179. The van der Waals surface area contributed by atoms with Gasteiger partial charge in [-0.1, -0.05) is 102 Å². The van der Waals surface area contributed by atoms with E-state index in [0.717, 1.165) is 145 Å². The van der Waals surface area contributed by atoms with Gasteiger partial charge >= 0.3 is 11.9 Å². The second-order valence-corrected chi connectivity index (χ2v) is 17.6. The Balaban J connectivity index is 1.21. The topological polar surface area (TPSA) is 173 Å². The number of fused-ring (bicyclic) bond motifs is 6. The van der Waals surface area contributed by atoms with Crippen molar-refractivity contribution < 1.29 is 29.1 Å². The van der Waals surface area contributed by atoms with Gasteiger partial charge in [-0.25, -0.2) is 9.59 Å². The number of oxime groups is 2. The van der Waals surface area contributed by atoms with E-state index >= 15 is 0 Å². The molecule has 0 aliphatic carbocycles. The summed E-state index contributed by atoms with van der Waals surface area (Å²) in [7, 11) is 0. The maximum atomic E-state index is 12.0. The molecule has 2 aromatic heterocycles. The number of hydrogen-bond donors (Lipinski definition) is 0. The zero-order valence-corrected chi connectivity index (χ0v) is 39.3. The number of carbonyl (C=O) groups is 2. The number of hydrogen-bond acceptors (Lipinski definition) is 10. The highest BCUT2D eigenvalue weighted by Gasteiger charge is 2.21. The molecular formula is C52H64N6O8. The lowest BCUT2D eigenvalue weighted by atomic mass is 9.98. The molecule has 4 aromatic carbocycles. The lowest BCUT2D eigenvalue weighted by Gasteiger charge is -2.17. The summed E-state index contributed by atoms with van der Waals surface area (Å²) in [4.78, 5) is 57.4. The summed E-state index contributed by atoms with van der Waals surface area (Å²) in [6, 6.07) is 22.2. The summed E-state index contributed by atoms with van der Waals surface area (Å²) >= 11 is 0. The molecule has 0 aliphatic rings. The van der Waals surface area contributed by atoms with Crippen LogP contribution in [0.2, 0.25) is 0 Å². The fourth-order valence-corrected chi connectivity index (χ4v) is 9.18. The van der Waals surface area contributed by atoms with E-state index in [9.17, 15) is 29.8 Å². The van der Waals surface area contributed by atoms with Crippen molar-refractivity contribution in [2.45, 2.75) is 145 Å². The Morgan fingerprint density at radius 3 is 1.24 bits per heavy atom. The van der Waals surface area contributed by atoms with Crippen LogP contribution in [0.15, 0.2) is 83.1 Å². The number of nitro benzene ring substituents is 2. The van der Waals surface area contributed by atoms with Crippen LogP contribution in [-0.4, -0.2) is 42.3 Å². The monoisotopic (exact) mass is 900 g/mol. The highest BCUT2D eigenvalue weighted by Crippen LogP contribution is 2.36. The van der Waals surface area contributed by atoms with Crippen molar-refractivity contribution >= 4 is 78.3 Å². The Hall–Kier alpha value is -6.44. The third-order valence-corrected chi connectivity index (χ3v) is 12.9. The van der Waals surface area contributed by atoms with Gasteiger partial charge in [-0.05, 0) is 86.8 Å². The lowest BCUT2D eigenvalue weighted by molar-refractivity contribution is -0.384. The van der Waals surface area contributed by atoms with Crippen LogP contribution in [0.25, 0.3) is 43.6 Å². The maximum absolute atomic E-state index is 12.0. The minimum Gasteiger partial charge on any atom is -0.340 e. The first-order valence-corrected chi connectivity index (χ1v) is 23.8. The Bertz CT molecular complexity index is 2580. The van der Waals surface area contributed by atoms with Gasteiger partial charge in [0.1, 0.15) is 0 Å². The summed E-state index contributed by atoms with van der Waals surface area (Å²) in [6.07, 6.45) is 12.9. The van der Waals surface area contributed by atoms with Crippen molar-refractivity contribution in [2.75, 3.05) is 0 Å². The minimum atomic E-state index is -0.531. The SMILES string of the molecule is CCCCC(CC)Cn1c2ccc(C(CCCCCCC(=NOC(C)=O)c3ccc4c(c3)c3cc([N+](=O)[O-])ccc3n4CC(CC)CCCC)=NOC(C)=O)cc2c2cc([N+](=O)[O-])ccc21. The van der Waals surface area contributed by atoms with Gasteiger partial charge in [-0.3, -0.25) is 20.2 Å². The van der Waals surface area contributed by atoms with Gasteiger partial charge in [-0.2, -0.15) is 0 Å². The van der Waals surface area contributed by atoms with Crippen LogP contribution in [0.3, 0.4) is 0 Å². The van der Waals surface area contributed by atoms with Crippen molar-refractivity contribution in [2.24, 2.45) is 22.1 Å². The zero-order valence-electron chi connectivity index (χ0n) is 39.3. The number of unbranched alkanes of at least 4 members (excludes halogenated alkanes) is 5. The van der Waals surface area contributed by atoms with Crippen molar-refractivity contribution in [1.29, 1.82) is 0 Å². The second-order valence-electron chi connectivity index (χ2n) is 17.6. The third kappa shape index (κ3) is 11.9. The average Bonchev–Trinajstić information content (AvgIpc) is 3.78. The van der Waals surface area contributed by atoms with Crippen LogP contribution in [0, 0.1) is 32.1 Å². The van der Waals surface area contributed by atoms with E-state index in [1.54, 1.807) is 24.3 Å². The Labute approximate surface area is 386 Å². The van der Waals surface area contributed by atoms with Crippen LogP contribution in [0.5, 0.6) is 0 Å². The summed E-state index contributed by atoms with van der Waals surface area (Å²) in [6.45, 7) is 13.0. The zero-order chi connectivity index (χ0) is 47.3. The van der Waals surface area contributed by atoms with E-state index in [-0.39, 0.29) is 21.2 Å². The fourth-order valence-electron chi connectivity index (χ4n) is 9.18. The Morgan fingerprint density at radius 2 is 0.909 bits per heavy atom. The first kappa shape index (κ1) is 49.0. The van der Waals surface area contributed by atoms with E-state index in [1.165, 1.54) is 13.8 Å². The van der Waals surface area contributed by atoms with Crippen LogP contribution < -0.4 is 0 Å². The number of non-ortho nitro benzene ring substituents is 2. The summed E-state index contributed by atoms with van der Waals surface area (Å²) in [5.41, 5.74) is 6.67. The smallest absolute Gasteiger partial charge is 0.331 e. The van der Waals surface area contributed by atoms with Gasteiger partial charge in [-0.15, -0.1) is 0 Å². The molecule has 14 heteroatoms. The van der Waals surface area contributed by atoms with Gasteiger partial charge in [0.25, 0.3) is 11.4 Å². The number of rotatable bonds is 25. The van der Waals surface area contributed by atoms with Gasteiger partial charge in [0.2, 0.25) is 0 Å². The van der Waals surface area contributed by atoms with Crippen LogP contribution in [-0.2, 0) is 32.4 Å². The van der Waals surface area contributed by atoms with E-state index in [2.05, 4.69) is 47.1 Å². The van der Waals surface area contributed by atoms with Crippen molar-refractivity contribution in [3.8, 4) is 0 Å². The highest BCUT2D eigenvalue weighted by molar-refractivity contribution is 6.13. The van der Waals surface area contributed by atoms with E-state index in [1.807, 2.05) is 48.5 Å². The third-order valence-electron chi connectivity index (χ3n) is 12.9. The summed E-state index contributed by atoms with van der Waals surface area (Å²) < 4.78 is 4.56. The second kappa shape index (κ2) is 23.1. The molecule has 0 aliphatic heterocycles. The van der Waals surface area contributed by atoms with Gasteiger partial charge in [0.05, 0.1) is 21.3 Å². The Kier molecular flexibility index (Phi) is 17.2. The average molecular weight is 901 g/mol. The molecule has 350 valence electrons. The molecule has 0 radical (unpaired) electrons. The predicted molar refractivity (Wildman–Crippen MR) is 263 cm³/mol. The first-order chi connectivity index (χ1) is 31.9. The van der Waals surface area contributed by atoms with Gasteiger partial charge in [0.15, 0.2) is 0 Å². The molecule has 6 aromatic rings. The van der Waals surface area contributed by atoms with Crippen molar-refractivity contribution in [1.82, 2.24) is 9.13 Å². The molecule has 0 amide bonds. The molecule has 66 heavy (non-hydrogen) atoms. The number of aromatic nitrogens is 2. The Morgan fingerprint density at radius 1 is 0.545 bits per heavy atom.